The summed E-state index contributed by atoms with van der Waals surface area (Å²) in [5.74, 6) is 0. The number of hydrogen-bond donors (Lipinski definition) is 2. The van der Waals surface area contributed by atoms with Gasteiger partial charge in [0.2, 0.25) is 10.0 Å². The van der Waals surface area contributed by atoms with E-state index in [1.54, 1.807) is 12.1 Å². The third-order valence-electron chi connectivity index (χ3n) is 6.26. The lowest BCUT2D eigenvalue weighted by Gasteiger charge is -2.30. The van der Waals surface area contributed by atoms with E-state index >= 15 is 0 Å². The van der Waals surface area contributed by atoms with Gasteiger partial charge in [0.15, 0.2) is 0 Å². The second-order valence-corrected chi connectivity index (χ2v) is 10.9. The van der Waals surface area contributed by atoms with E-state index in [-0.39, 0.29) is 10.9 Å². The van der Waals surface area contributed by atoms with Crippen molar-refractivity contribution in [2.24, 2.45) is 0 Å². The summed E-state index contributed by atoms with van der Waals surface area (Å²) in [6.45, 7) is 5.58. The molecule has 2 N–H and O–H groups in total. The molecule has 0 fully saturated rings. The predicted molar refractivity (Wildman–Crippen MR) is 149 cm³/mol. The van der Waals surface area contributed by atoms with E-state index in [0.29, 0.717) is 19.8 Å². The van der Waals surface area contributed by atoms with Crippen molar-refractivity contribution in [1.82, 2.24) is 10.0 Å². The molecule has 0 aliphatic heterocycles. The molecule has 37 heavy (non-hydrogen) atoms. The summed E-state index contributed by atoms with van der Waals surface area (Å²) in [6, 6.07) is 34.0. The van der Waals surface area contributed by atoms with Crippen LogP contribution in [0.25, 0.3) is 0 Å². The van der Waals surface area contributed by atoms with Crippen molar-refractivity contribution >= 4 is 10.0 Å². The van der Waals surface area contributed by atoms with Gasteiger partial charge in [-0.25, -0.2) is 13.1 Å². The molecule has 0 aliphatic carbocycles. The lowest BCUT2D eigenvalue weighted by Crippen LogP contribution is -2.39. The zero-order valence-electron chi connectivity index (χ0n) is 21.3. The summed E-state index contributed by atoms with van der Waals surface area (Å²) < 4.78 is 35.8. The van der Waals surface area contributed by atoms with E-state index in [1.807, 2.05) is 79.7 Å². The highest BCUT2D eigenvalue weighted by atomic mass is 32.2. The van der Waals surface area contributed by atoms with Crippen molar-refractivity contribution in [3.8, 4) is 0 Å². The number of ether oxygens (including phenoxy) is 1. The minimum absolute atomic E-state index is 0.243. The van der Waals surface area contributed by atoms with Crippen LogP contribution in [0.4, 0.5) is 0 Å². The maximum atomic E-state index is 13.5. The van der Waals surface area contributed by atoms with Crippen LogP contribution in [0.5, 0.6) is 0 Å². The predicted octanol–water partition coefficient (Wildman–Crippen LogP) is 5.87. The van der Waals surface area contributed by atoms with Gasteiger partial charge < -0.3 is 10.1 Å². The van der Waals surface area contributed by atoms with Crippen molar-refractivity contribution in [3.63, 3.8) is 0 Å². The number of aryl methyl sites for hydroxylation is 2. The number of rotatable bonds is 12. The minimum atomic E-state index is -3.77. The number of benzene rings is 4. The first-order chi connectivity index (χ1) is 17.9. The van der Waals surface area contributed by atoms with Crippen LogP contribution in [0.15, 0.2) is 114 Å². The Morgan fingerprint density at radius 1 is 0.676 bits per heavy atom. The summed E-state index contributed by atoms with van der Waals surface area (Å²) in [6.07, 6.45) is 0. The topological polar surface area (TPSA) is 67.4 Å². The SMILES string of the molecule is Cc1ccc(COCCN[C@H](c2ccccc2)[C@@H](NS(=O)(=O)c2ccc(C)cc2)c2ccccc2)cc1. The average molecular weight is 515 g/mol. The van der Waals surface area contributed by atoms with Gasteiger partial charge in [0.25, 0.3) is 0 Å². The lowest BCUT2D eigenvalue weighted by molar-refractivity contribution is 0.119. The van der Waals surface area contributed by atoms with Crippen LogP contribution in [0.1, 0.15) is 39.9 Å². The fourth-order valence-electron chi connectivity index (χ4n) is 4.19. The molecule has 0 aliphatic rings. The zero-order valence-corrected chi connectivity index (χ0v) is 22.1. The van der Waals surface area contributed by atoms with E-state index in [2.05, 4.69) is 41.2 Å². The molecule has 6 heteroatoms. The number of hydrogen-bond acceptors (Lipinski definition) is 4. The first-order valence-corrected chi connectivity index (χ1v) is 14.0. The molecule has 0 unspecified atom stereocenters. The molecule has 192 valence electrons. The van der Waals surface area contributed by atoms with Gasteiger partial charge in [-0.05, 0) is 42.7 Å². The molecule has 0 saturated carbocycles. The number of sulfonamides is 1. The van der Waals surface area contributed by atoms with Crippen LogP contribution in [-0.2, 0) is 21.4 Å². The summed E-state index contributed by atoms with van der Waals surface area (Å²) in [4.78, 5) is 0.243. The Kier molecular flexibility index (Phi) is 9.25. The van der Waals surface area contributed by atoms with E-state index < -0.39 is 16.1 Å². The molecule has 0 bridgehead atoms. The van der Waals surface area contributed by atoms with Gasteiger partial charge in [0.1, 0.15) is 0 Å². The normalized spacial score (nSPS) is 13.2. The molecule has 0 aromatic heterocycles. The van der Waals surface area contributed by atoms with Crippen molar-refractivity contribution < 1.29 is 13.2 Å². The Morgan fingerprint density at radius 2 is 1.19 bits per heavy atom. The Hall–Kier alpha value is -3.29. The molecule has 0 radical (unpaired) electrons. The third kappa shape index (κ3) is 7.60. The Balaban J connectivity index is 1.55. The molecule has 5 nitrogen and oxygen atoms in total. The summed E-state index contributed by atoms with van der Waals surface area (Å²) in [7, 11) is -3.77. The van der Waals surface area contributed by atoms with E-state index in [0.717, 1.165) is 22.3 Å². The highest BCUT2D eigenvalue weighted by Gasteiger charge is 2.29. The van der Waals surface area contributed by atoms with Crippen LogP contribution < -0.4 is 10.0 Å². The molecule has 2 atom stereocenters. The first kappa shape index (κ1) is 26.8. The van der Waals surface area contributed by atoms with E-state index in [9.17, 15) is 8.42 Å². The maximum Gasteiger partial charge on any atom is 0.241 e. The minimum Gasteiger partial charge on any atom is -0.375 e. The van der Waals surface area contributed by atoms with Crippen LogP contribution in [-0.4, -0.2) is 21.6 Å². The van der Waals surface area contributed by atoms with Gasteiger partial charge >= 0.3 is 0 Å². The second kappa shape index (κ2) is 12.8. The summed E-state index contributed by atoms with van der Waals surface area (Å²) in [5, 5.41) is 3.56. The smallest absolute Gasteiger partial charge is 0.241 e. The molecule has 4 aromatic rings. The Morgan fingerprint density at radius 3 is 1.76 bits per heavy atom. The van der Waals surface area contributed by atoms with Gasteiger partial charge in [0, 0.05) is 6.54 Å². The van der Waals surface area contributed by atoms with Gasteiger partial charge in [0.05, 0.1) is 30.2 Å². The Bertz CT molecular complexity index is 1340. The average Bonchev–Trinajstić information content (AvgIpc) is 2.92. The lowest BCUT2D eigenvalue weighted by atomic mass is 9.94. The quantitative estimate of drug-likeness (QED) is 0.232. The van der Waals surface area contributed by atoms with E-state index in [4.69, 9.17) is 4.74 Å². The van der Waals surface area contributed by atoms with Crippen LogP contribution >= 0.6 is 0 Å². The summed E-state index contributed by atoms with van der Waals surface area (Å²) >= 11 is 0. The third-order valence-corrected chi connectivity index (χ3v) is 7.72. The van der Waals surface area contributed by atoms with Crippen molar-refractivity contribution in [2.75, 3.05) is 13.2 Å². The molecule has 0 spiro atoms. The highest BCUT2D eigenvalue weighted by molar-refractivity contribution is 7.89. The monoisotopic (exact) mass is 514 g/mol. The largest absolute Gasteiger partial charge is 0.375 e. The van der Waals surface area contributed by atoms with Gasteiger partial charge in [-0.2, -0.15) is 0 Å². The fourth-order valence-corrected chi connectivity index (χ4v) is 5.43. The molecule has 0 saturated heterocycles. The zero-order chi connectivity index (χ0) is 26.1. The first-order valence-electron chi connectivity index (χ1n) is 12.5. The summed E-state index contributed by atoms with van der Waals surface area (Å²) in [5.41, 5.74) is 5.21. The van der Waals surface area contributed by atoms with Gasteiger partial charge in [-0.15, -0.1) is 0 Å². The fraction of sp³-hybridized carbons (Fsp3) is 0.226. The van der Waals surface area contributed by atoms with Crippen molar-refractivity contribution in [2.45, 2.75) is 37.4 Å². The standard InChI is InChI=1S/C31H34N2O3S/c1-24-13-17-26(18-14-24)23-36-22-21-32-30(27-9-5-3-6-10-27)31(28-11-7-4-8-12-28)33-37(34,35)29-19-15-25(2)16-20-29/h3-20,30-33H,21-23H2,1-2H3/t30-,31+/m1/s1. The molecular formula is C31H34N2O3S. The van der Waals surface area contributed by atoms with Crippen LogP contribution in [0.2, 0.25) is 0 Å². The Labute approximate surface area is 220 Å². The van der Waals surface area contributed by atoms with Gasteiger partial charge in [-0.1, -0.05) is 108 Å². The highest BCUT2D eigenvalue weighted by Crippen LogP contribution is 2.30. The molecular weight excluding hydrogens is 480 g/mol. The van der Waals surface area contributed by atoms with E-state index in [1.165, 1.54) is 5.56 Å². The maximum absolute atomic E-state index is 13.5. The van der Waals surface area contributed by atoms with Crippen LogP contribution in [0, 0.1) is 13.8 Å². The number of nitrogens with one attached hydrogen (secondary N) is 2. The van der Waals surface area contributed by atoms with Crippen molar-refractivity contribution in [3.05, 3.63) is 137 Å². The van der Waals surface area contributed by atoms with Crippen molar-refractivity contribution in [1.29, 1.82) is 0 Å². The molecule has 4 rings (SSSR count). The van der Waals surface area contributed by atoms with Crippen LogP contribution in [0.3, 0.4) is 0 Å². The molecule has 0 heterocycles. The molecule has 0 amide bonds. The van der Waals surface area contributed by atoms with Gasteiger partial charge in [-0.3, -0.25) is 0 Å². The molecule has 4 aromatic carbocycles. The second-order valence-electron chi connectivity index (χ2n) is 9.20.